The van der Waals surface area contributed by atoms with E-state index in [-0.39, 0.29) is 29.6 Å². The van der Waals surface area contributed by atoms with Crippen LogP contribution in [0.15, 0.2) is 35.1 Å². The van der Waals surface area contributed by atoms with Crippen LogP contribution in [-0.4, -0.2) is 45.4 Å². The van der Waals surface area contributed by atoms with Crippen LogP contribution in [-0.2, 0) is 0 Å². The second-order valence-corrected chi connectivity index (χ2v) is 10.6. The molecule has 186 valence electrons. The molecule has 1 aliphatic rings. The summed E-state index contributed by atoms with van der Waals surface area (Å²) in [5, 5.41) is 9.83. The number of amides is 1. The molecule has 1 aliphatic heterocycles. The quantitative estimate of drug-likeness (QED) is 0.420. The predicted molar refractivity (Wildman–Crippen MR) is 125 cm³/mol. The van der Waals surface area contributed by atoms with Crippen molar-refractivity contribution in [1.82, 2.24) is 9.88 Å². The number of halogens is 4. The molecule has 2 atom stereocenters. The predicted octanol–water partition coefficient (Wildman–Crippen LogP) is 7.08. The van der Waals surface area contributed by atoms with Gasteiger partial charge in [-0.1, -0.05) is 13.8 Å². The van der Waals surface area contributed by atoms with E-state index < -0.39 is 30.0 Å². The molecule has 0 radical (unpaired) electrons. The fraction of sp³-hybridized carbons (Fsp3) is 0.500. The Kier molecular flexibility index (Phi) is 7.40. The average molecular weight is 545 g/mol. The summed E-state index contributed by atoms with van der Waals surface area (Å²) < 4.78 is 52.9. The van der Waals surface area contributed by atoms with Crippen LogP contribution in [0.25, 0.3) is 11.1 Å². The number of pyridine rings is 1. The highest BCUT2D eigenvalue weighted by Crippen LogP contribution is 2.50. The number of rotatable bonds is 6. The summed E-state index contributed by atoms with van der Waals surface area (Å²) in [6.45, 7) is 9.42. The molecule has 1 aromatic heterocycles. The lowest BCUT2D eigenvalue weighted by atomic mass is 9.94. The summed E-state index contributed by atoms with van der Waals surface area (Å²) in [6, 6.07) is 4.12. The summed E-state index contributed by atoms with van der Waals surface area (Å²) in [5.74, 6) is 0.501. The molecule has 0 saturated heterocycles. The SMILES string of the molecule is CC(C)C[C@@H](COc1cc2c(cc1Br)-c1ccncc1C(C(F)(F)F)O2)N(C(=O)O)C(C)(C)C. The van der Waals surface area contributed by atoms with E-state index in [1.807, 2.05) is 13.8 Å². The van der Waals surface area contributed by atoms with Gasteiger partial charge in [0.25, 0.3) is 0 Å². The van der Waals surface area contributed by atoms with Gasteiger partial charge >= 0.3 is 12.3 Å². The van der Waals surface area contributed by atoms with Gasteiger partial charge in [-0.05, 0) is 66.7 Å². The standard InChI is InChI=1S/C24H28BrF3N2O4/c1-13(2)8-14(30(22(31)32)23(3,4)5)12-33-20-10-19-16(9-18(20)25)15-6-7-29-11-17(15)21(34-19)24(26,27)28/h6-7,9-11,13-14,21H,8,12H2,1-5H3,(H,31,32)/t14-,21?/m0/s1. The third kappa shape index (κ3) is 5.59. The number of carboxylic acid groups (broad SMARTS) is 1. The maximum absolute atomic E-state index is 13.7. The maximum Gasteiger partial charge on any atom is 0.429 e. The van der Waals surface area contributed by atoms with E-state index in [4.69, 9.17) is 9.47 Å². The minimum Gasteiger partial charge on any atom is -0.490 e. The topological polar surface area (TPSA) is 71.9 Å². The second kappa shape index (κ2) is 9.64. The zero-order valence-electron chi connectivity index (χ0n) is 19.6. The van der Waals surface area contributed by atoms with Crippen molar-refractivity contribution in [3.05, 3.63) is 40.6 Å². The van der Waals surface area contributed by atoms with Crippen molar-refractivity contribution in [3.8, 4) is 22.6 Å². The lowest BCUT2D eigenvalue weighted by molar-refractivity contribution is -0.198. The number of nitrogens with zero attached hydrogens (tertiary/aromatic N) is 2. The normalized spacial score (nSPS) is 16.4. The molecule has 1 aromatic carbocycles. The molecule has 0 saturated carbocycles. The van der Waals surface area contributed by atoms with Gasteiger partial charge in [-0.25, -0.2) is 4.79 Å². The fourth-order valence-corrected chi connectivity index (χ4v) is 4.67. The van der Waals surface area contributed by atoms with Crippen LogP contribution >= 0.6 is 15.9 Å². The summed E-state index contributed by atoms with van der Waals surface area (Å²) >= 11 is 3.44. The lowest BCUT2D eigenvalue weighted by Crippen LogP contribution is -2.53. The number of benzene rings is 1. The van der Waals surface area contributed by atoms with Crippen molar-refractivity contribution in [3.63, 3.8) is 0 Å². The monoisotopic (exact) mass is 544 g/mol. The van der Waals surface area contributed by atoms with Gasteiger partial charge in [0.05, 0.1) is 10.5 Å². The number of fused-ring (bicyclic) bond motifs is 3. The van der Waals surface area contributed by atoms with Gasteiger partial charge in [0.1, 0.15) is 18.1 Å². The molecule has 0 aliphatic carbocycles. The fourth-order valence-electron chi connectivity index (χ4n) is 4.22. The van der Waals surface area contributed by atoms with E-state index in [9.17, 15) is 23.1 Å². The molecule has 34 heavy (non-hydrogen) atoms. The maximum atomic E-state index is 13.7. The van der Waals surface area contributed by atoms with Crippen molar-refractivity contribution >= 4 is 22.0 Å². The first-order chi connectivity index (χ1) is 15.7. The van der Waals surface area contributed by atoms with Crippen LogP contribution in [0.1, 0.15) is 52.7 Å². The number of carbonyl (C=O) groups is 1. The summed E-state index contributed by atoms with van der Waals surface area (Å²) in [7, 11) is 0. The van der Waals surface area contributed by atoms with Crippen molar-refractivity contribution in [2.75, 3.05) is 6.61 Å². The Morgan fingerprint density at radius 2 is 1.94 bits per heavy atom. The number of aromatic nitrogens is 1. The number of alkyl halides is 3. The minimum atomic E-state index is -4.62. The van der Waals surface area contributed by atoms with E-state index in [1.165, 1.54) is 23.2 Å². The average Bonchev–Trinajstić information content (AvgIpc) is 2.69. The van der Waals surface area contributed by atoms with Crippen molar-refractivity contribution in [1.29, 1.82) is 0 Å². The van der Waals surface area contributed by atoms with Gasteiger partial charge in [-0.2, -0.15) is 13.2 Å². The number of hydrogen-bond donors (Lipinski definition) is 1. The van der Waals surface area contributed by atoms with Crippen LogP contribution in [0, 0.1) is 5.92 Å². The van der Waals surface area contributed by atoms with E-state index in [0.717, 1.165) is 6.20 Å². The third-order valence-corrected chi connectivity index (χ3v) is 6.09. The number of hydrogen-bond acceptors (Lipinski definition) is 4. The van der Waals surface area contributed by atoms with E-state index in [1.54, 1.807) is 26.8 Å². The van der Waals surface area contributed by atoms with E-state index >= 15 is 0 Å². The molecular formula is C24H28BrF3N2O4. The summed E-state index contributed by atoms with van der Waals surface area (Å²) in [5.41, 5.74) is 0.149. The van der Waals surface area contributed by atoms with Crippen LogP contribution in [0.5, 0.6) is 11.5 Å². The van der Waals surface area contributed by atoms with Gasteiger partial charge in [-0.15, -0.1) is 0 Å². The molecule has 1 amide bonds. The van der Waals surface area contributed by atoms with E-state index in [0.29, 0.717) is 22.0 Å². The van der Waals surface area contributed by atoms with Crippen molar-refractivity contribution in [2.45, 2.75) is 64.9 Å². The largest absolute Gasteiger partial charge is 0.490 e. The van der Waals surface area contributed by atoms with Crippen molar-refractivity contribution in [2.24, 2.45) is 5.92 Å². The Morgan fingerprint density at radius 3 is 2.50 bits per heavy atom. The number of ether oxygens (including phenoxy) is 2. The molecule has 3 rings (SSSR count). The Balaban J connectivity index is 1.95. The molecule has 6 nitrogen and oxygen atoms in total. The van der Waals surface area contributed by atoms with Crippen LogP contribution in [0.2, 0.25) is 0 Å². The Morgan fingerprint density at radius 1 is 1.26 bits per heavy atom. The molecule has 0 spiro atoms. The van der Waals surface area contributed by atoms with Crippen LogP contribution < -0.4 is 9.47 Å². The molecule has 2 heterocycles. The summed E-state index contributed by atoms with van der Waals surface area (Å²) in [4.78, 5) is 17.2. The van der Waals surface area contributed by atoms with Gasteiger partial charge in [0.2, 0.25) is 6.10 Å². The van der Waals surface area contributed by atoms with E-state index in [2.05, 4.69) is 20.9 Å². The Bertz CT molecular complexity index is 1050. The van der Waals surface area contributed by atoms with Gasteiger partial charge in [0, 0.05) is 35.1 Å². The third-order valence-electron chi connectivity index (χ3n) is 5.47. The smallest absolute Gasteiger partial charge is 0.429 e. The lowest BCUT2D eigenvalue weighted by Gasteiger charge is -2.40. The highest BCUT2D eigenvalue weighted by atomic mass is 79.9. The molecule has 0 fully saturated rings. The molecule has 1 N–H and O–H groups in total. The van der Waals surface area contributed by atoms with Crippen LogP contribution in [0.4, 0.5) is 18.0 Å². The summed E-state index contributed by atoms with van der Waals surface area (Å²) in [6.07, 6.45) is -4.68. The zero-order chi connectivity index (χ0) is 25.4. The molecular weight excluding hydrogens is 517 g/mol. The first-order valence-corrected chi connectivity index (χ1v) is 11.7. The molecule has 0 bridgehead atoms. The van der Waals surface area contributed by atoms with Gasteiger partial charge in [-0.3, -0.25) is 9.88 Å². The molecule has 1 unspecified atom stereocenters. The van der Waals surface area contributed by atoms with Gasteiger partial charge in [0.15, 0.2) is 0 Å². The molecule has 2 aromatic rings. The first kappa shape index (κ1) is 26.1. The Hall–Kier alpha value is -2.49. The van der Waals surface area contributed by atoms with Gasteiger partial charge < -0.3 is 14.6 Å². The zero-order valence-corrected chi connectivity index (χ0v) is 21.2. The highest BCUT2D eigenvalue weighted by molar-refractivity contribution is 9.10. The first-order valence-electron chi connectivity index (χ1n) is 10.9. The van der Waals surface area contributed by atoms with Crippen LogP contribution in [0.3, 0.4) is 0 Å². The second-order valence-electron chi connectivity index (χ2n) is 9.70. The van der Waals surface area contributed by atoms with Crippen molar-refractivity contribution < 1.29 is 32.5 Å². The molecule has 10 heteroatoms. The highest BCUT2D eigenvalue weighted by Gasteiger charge is 2.47. The minimum absolute atomic E-state index is 0.0301. The Labute approximate surface area is 205 Å².